The molecule has 1 atom stereocenters. The summed E-state index contributed by atoms with van der Waals surface area (Å²) < 4.78 is 0. The largest absolute Gasteiger partial charge is 0.338 e. The molecule has 9 nitrogen and oxygen atoms in total. The average molecular weight is 577 g/mol. The van der Waals surface area contributed by atoms with E-state index in [0.717, 1.165) is 25.9 Å². The summed E-state index contributed by atoms with van der Waals surface area (Å²) in [7, 11) is 0. The van der Waals surface area contributed by atoms with E-state index in [1.807, 2.05) is 29.2 Å². The summed E-state index contributed by atoms with van der Waals surface area (Å²) in [6, 6.07) is 11.8. The number of carbonyl (C=O) groups excluding carboxylic acids is 3. The van der Waals surface area contributed by atoms with E-state index in [9.17, 15) is 14.4 Å². The van der Waals surface area contributed by atoms with Crippen LogP contribution >= 0.6 is 11.3 Å². The Kier molecular flexibility index (Phi) is 8.42. The lowest BCUT2D eigenvalue weighted by molar-refractivity contribution is -0.118. The summed E-state index contributed by atoms with van der Waals surface area (Å²) in [6.45, 7) is 13.8. The molecule has 1 aromatic heterocycles. The number of nitrogens with zero attached hydrogens (tertiary/aromatic N) is 5. The van der Waals surface area contributed by atoms with Gasteiger partial charge < -0.3 is 9.80 Å². The number of nitrogens with one attached hydrogen (secondary N) is 1. The highest BCUT2D eigenvalue weighted by Gasteiger charge is 2.37. The van der Waals surface area contributed by atoms with Crippen molar-refractivity contribution in [2.45, 2.75) is 71.8 Å². The minimum Gasteiger partial charge on any atom is -0.338 e. The summed E-state index contributed by atoms with van der Waals surface area (Å²) in [4.78, 5) is 44.6. The van der Waals surface area contributed by atoms with Crippen molar-refractivity contribution in [3.63, 3.8) is 0 Å². The topological polar surface area (TPSA) is 97.7 Å². The van der Waals surface area contributed by atoms with Crippen molar-refractivity contribution in [1.82, 2.24) is 15.2 Å². The Morgan fingerprint density at radius 2 is 1.61 bits per heavy atom. The molecule has 10 heteroatoms. The Morgan fingerprint density at radius 3 is 2.24 bits per heavy atom. The number of rotatable bonds is 6. The van der Waals surface area contributed by atoms with Crippen LogP contribution in [0, 0.1) is 5.92 Å². The number of amides is 3. The van der Waals surface area contributed by atoms with Crippen LogP contribution in [0.25, 0.3) is 0 Å². The van der Waals surface area contributed by atoms with Gasteiger partial charge in [-0.15, -0.1) is 11.3 Å². The van der Waals surface area contributed by atoms with E-state index in [4.69, 9.17) is 0 Å². The molecule has 1 unspecified atom stereocenters. The Morgan fingerprint density at radius 1 is 0.976 bits per heavy atom. The summed E-state index contributed by atoms with van der Waals surface area (Å²) >= 11 is 1.17. The number of hydrazone groups is 2. The molecule has 1 aromatic carbocycles. The standard InChI is InChI=1S/C31H40N6O3S/c1-20(27-21(2)34-37(30(27)40)24-10-8-22(9-11-24)31(3,4)5)32-33-28(38)25-12-13-26(41-25)29(39)36-18-14-23(15-19-36)35-16-6-7-17-35/h8-13,23,27H,6-7,14-19H2,1-5H3,(H,33,38)/b32-20+. The van der Waals surface area contributed by atoms with Crippen molar-refractivity contribution >= 4 is 46.2 Å². The highest BCUT2D eigenvalue weighted by molar-refractivity contribution is 7.15. The molecule has 41 heavy (non-hydrogen) atoms. The van der Waals surface area contributed by atoms with Gasteiger partial charge in [-0.05, 0) is 87.9 Å². The zero-order chi connectivity index (χ0) is 29.3. The first-order valence-corrected chi connectivity index (χ1v) is 15.3. The van der Waals surface area contributed by atoms with Crippen molar-refractivity contribution in [3.05, 3.63) is 51.7 Å². The van der Waals surface area contributed by atoms with Gasteiger partial charge in [0, 0.05) is 19.1 Å². The van der Waals surface area contributed by atoms with E-state index < -0.39 is 11.8 Å². The third kappa shape index (κ3) is 6.28. The van der Waals surface area contributed by atoms with Crippen molar-refractivity contribution in [2.24, 2.45) is 16.1 Å². The van der Waals surface area contributed by atoms with Crippen LogP contribution in [0.1, 0.15) is 85.2 Å². The number of benzene rings is 1. The van der Waals surface area contributed by atoms with Gasteiger partial charge in [-0.25, -0.2) is 5.43 Å². The smallest absolute Gasteiger partial charge is 0.281 e. The molecule has 4 heterocycles. The lowest BCUT2D eigenvalue weighted by atomic mass is 9.87. The summed E-state index contributed by atoms with van der Waals surface area (Å²) in [5.74, 6) is -1.29. The predicted molar refractivity (Wildman–Crippen MR) is 164 cm³/mol. The fraction of sp³-hybridized carbons (Fsp3) is 0.516. The molecular formula is C31H40N6O3S. The van der Waals surface area contributed by atoms with Crippen LogP contribution in [0.5, 0.6) is 0 Å². The zero-order valence-electron chi connectivity index (χ0n) is 24.6. The number of thiophene rings is 1. The van der Waals surface area contributed by atoms with Gasteiger partial charge in [0.2, 0.25) is 0 Å². The molecule has 2 fully saturated rings. The molecule has 0 bridgehead atoms. The lowest BCUT2D eigenvalue weighted by Crippen LogP contribution is -2.45. The zero-order valence-corrected chi connectivity index (χ0v) is 25.5. The second kappa shape index (κ2) is 11.9. The highest BCUT2D eigenvalue weighted by Crippen LogP contribution is 2.29. The van der Waals surface area contributed by atoms with E-state index in [-0.39, 0.29) is 17.2 Å². The minimum absolute atomic E-state index is 0.0115. The van der Waals surface area contributed by atoms with E-state index in [1.54, 1.807) is 26.0 Å². The minimum atomic E-state index is -0.651. The predicted octanol–water partition coefficient (Wildman–Crippen LogP) is 4.89. The van der Waals surface area contributed by atoms with Crippen LogP contribution in [0.2, 0.25) is 0 Å². The van der Waals surface area contributed by atoms with E-state index in [1.165, 1.54) is 47.8 Å². The first kappa shape index (κ1) is 29.1. The van der Waals surface area contributed by atoms with Gasteiger partial charge in [0.05, 0.1) is 26.9 Å². The monoisotopic (exact) mass is 576 g/mol. The molecule has 3 amide bonds. The normalized spacial score (nSPS) is 21.0. The number of anilines is 1. The van der Waals surface area contributed by atoms with Gasteiger partial charge in [0.15, 0.2) is 0 Å². The van der Waals surface area contributed by atoms with E-state index in [0.29, 0.717) is 32.9 Å². The molecule has 1 N–H and O–H groups in total. The van der Waals surface area contributed by atoms with Gasteiger partial charge in [-0.3, -0.25) is 14.4 Å². The third-order valence-corrected chi connectivity index (χ3v) is 9.38. The highest BCUT2D eigenvalue weighted by atomic mass is 32.1. The second-order valence-corrected chi connectivity index (χ2v) is 13.3. The second-order valence-electron chi connectivity index (χ2n) is 12.2. The van der Waals surface area contributed by atoms with E-state index in [2.05, 4.69) is 41.3 Å². The number of hydrogen-bond donors (Lipinski definition) is 1. The maximum atomic E-state index is 13.3. The van der Waals surface area contributed by atoms with Crippen LogP contribution in [0.3, 0.4) is 0 Å². The Labute approximate surface area is 246 Å². The summed E-state index contributed by atoms with van der Waals surface area (Å²) in [6.07, 6.45) is 4.55. The Hall–Kier alpha value is -3.37. The maximum absolute atomic E-state index is 13.3. The van der Waals surface area contributed by atoms with Gasteiger partial charge in [0.25, 0.3) is 17.7 Å². The van der Waals surface area contributed by atoms with Crippen molar-refractivity contribution < 1.29 is 14.4 Å². The SMILES string of the molecule is CC1=NN(c2ccc(C(C)(C)C)cc2)C(=O)C1/C(C)=N/NC(=O)c1ccc(C(=O)N2CCC(N3CCCC3)CC2)s1. The fourth-order valence-electron chi connectivity index (χ4n) is 5.86. The molecular weight excluding hydrogens is 536 g/mol. The number of hydrogen-bond acceptors (Lipinski definition) is 7. The first-order valence-electron chi connectivity index (χ1n) is 14.5. The number of likely N-dealkylation sites (tertiary alicyclic amines) is 2. The third-order valence-electron chi connectivity index (χ3n) is 8.31. The fourth-order valence-corrected chi connectivity index (χ4v) is 6.73. The molecule has 0 aliphatic carbocycles. The Balaban J connectivity index is 1.17. The molecule has 0 spiro atoms. The molecule has 3 aliphatic heterocycles. The molecule has 3 aliphatic rings. The van der Waals surface area contributed by atoms with Crippen molar-refractivity contribution in [1.29, 1.82) is 0 Å². The maximum Gasteiger partial charge on any atom is 0.281 e. The molecule has 218 valence electrons. The molecule has 2 aromatic rings. The lowest BCUT2D eigenvalue weighted by Gasteiger charge is -2.36. The van der Waals surface area contributed by atoms with Crippen LogP contribution in [0.15, 0.2) is 46.6 Å². The van der Waals surface area contributed by atoms with Gasteiger partial charge >= 0.3 is 0 Å². The van der Waals surface area contributed by atoms with Crippen LogP contribution in [0.4, 0.5) is 5.69 Å². The number of piperidine rings is 1. The van der Waals surface area contributed by atoms with Crippen LogP contribution in [-0.4, -0.2) is 71.2 Å². The van der Waals surface area contributed by atoms with Crippen molar-refractivity contribution in [3.8, 4) is 0 Å². The summed E-state index contributed by atoms with van der Waals surface area (Å²) in [5, 5.41) is 10.1. The molecule has 5 rings (SSSR count). The van der Waals surface area contributed by atoms with Gasteiger partial charge in [-0.2, -0.15) is 15.2 Å². The average Bonchev–Trinajstić information content (AvgIpc) is 3.72. The van der Waals surface area contributed by atoms with Crippen LogP contribution in [-0.2, 0) is 10.2 Å². The molecule has 2 saturated heterocycles. The van der Waals surface area contributed by atoms with Crippen LogP contribution < -0.4 is 10.4 Å². The quantitative estimate of drug-likeness (QED) is 0.391. The summed E-state index contributed by atoms with van der Waals surface area (Å²) in [5.41, 5.74) is 5.51. The van der Waals surface area contributed by atoms with Gasteiger partial charge in [-0.1, -0.05) is 32.9 Å². The number of carbonyl (C=O) groups is 3. The Bertz CT molecular complexity index is 1360. The first-order chi connectivity index (χ1) is 19.5. The van der Waals surface area contributed by atoms with Crippen molar-refractivity contribution in [2.75, 3.05) is 31.2 Å². The molecule has 0 radical (unpaired) electrons. The van der Waals surface area contributed by atoms with E-state index >= 15 is 0 Å². The molecule has 0 saturated carbocycles. The van der Waals surface area contributed by atoms with Gasteiger partial charge in [0.1, 0.15) is 5.92 Å².